The lowest BCUT2D eigenvalue weighted by molar-refractivity contribution is 0.0565. The van der Waals surface area contributed by atoms with Crippen molar-refractivity contribution < 1.29 is 13.5 Å². The van der Waals surface area contributed by atoms with Crippen LogP contribution in [0.2, 0.25) is 0 Å². The van der Waals surface area contributed by atoms with Crippen molar-refractivity contribution in [2.24, 2.45) is 17.1 Å². The molecule has 0 aliphatic heterocycles. The first-order valence-electron chi connectivity index (χ1n) is 7.14. The van der Waals surface area contributed by atoms with Gasteiger partial charge in [-0.15, -0.1) is 0 Å². The van der Waals surface area contributed by atoms with E-state index in [1.807, 2.05) is 0 Å². The lowest BCUT2D eigenvalue weighted by Gasteiger charge is -2.40. The summed E-state index contributed by atoms with van der Waals surface area (Å²) in [6.07, 6.45) is 2.42. The molecule has 1 aromatic carbocycles. The molecule has 0 aromatic heterocycles. The first-order chi connectivity index (χ1) is 9.27. The number of halogens is 2. The molecule has 1 aromatic rings. The number of benzene rings is 1. The number of ether oxygens (including phenoxy) is 1. The van der Waals surface area contributed by atoms with Crippen molar-refractivity contribution in [3.63, 3.8) is 0 Å². The molecule has 1 aliphatic rings. The van der Waals surface area contributed by atoms with Gasteiger partial charge in [0.2, 0.25) is 0 Å². The monoisotopic (exact) mass is 283 g/mol. The third-order valence-electron chi connectivity index (χ3n) is 4.24. The molecule has 2 nitrogen and oxygen atoms in total. The third-order valence-corrected chi connectivity index (χ3v) is 4.24. The van der Waals surface area contributed by atoms with Crippen molar-refractivity contribution in [2.75, 3.05) is 0 Å². The van der Waals surface area contributed by atoms with Gasteiger partial charge in [-0.1, -0.05) is 20.8 Å². The minimum Gasteiger partial charge on any atom is -0.486 e. The van der Waals surface area contributed by atoms with Crippen molar-refractivity contribution in [3.05, 3.63) is 29.8 Å². The Kier molecular flexibility index (Phi) is 4.33. The Morgan fingerprint density at radius 2 is 1.90 bits per heavy atom. The largest absolute Gasteiger partial charge is 0.486 e. The number of rotatable bonds is 2. The Morgan fingerprint density at radius 3 is 2.55 bits per heavy atom. The highest BCUT2D eigenvalue weighted by Gasteiger charge is 2.35. The van der Waals surface area contributed by atoms with Crippen LogP contribution in [0.4, 0.5) is 8.78 Å². The van der Waals surface area contributed by atoms with Crippen LogP contribution in [0, 0.1) is 23.0 Å². The molecule has 0 heterocycles. The molecule has 2 rings (SSSR count). The van der Waals surface area contributed by atoms with Gasteiger partial charge in [0.25, 0.3) is 0 Å². The van der Waals surface area contributed by atoms with Crippen molar-refractivity contribution >= 4 is 0 Å². The molecule has 0 bridgehead atoms. The summed E-state index contributed by atoms with van der Waals surface area (Å²) in [5.41, 5.74) is 6.25. The lowest BCUT2D eigenvalue weighted by Crippen LogP contribution is -2.46. The summed E-state index contributed by atoms with van der Waals surface area (Å²) in [4.78, 5) is 0. The van der Waals surface area contributed by atoms with Gasteiger partial charge in [-0.2, -0.15) is 0 Å². The molecule has 2 N–H and O–H groups in total. The minimum absolute atomic E-state index is 0.0417. The summed E-state index contributed by atoms with van der Waals surface area (Å²) in [5.74, 6) is -0.612. The fourth-order valence-corrected chi connectivity index (χ4v) is 2.81. The molecule has 0 spiro atoms. The van der Waals surface area contributed by atoms with Gasteiger partial charge in [0.15, 0.2) is 11.6 Å². The van der Waals surface area contributed by atoms with Crippen molar-refractivity contribution in [1.82, 2.24) is 0 Å². The van der Waals surface area contributed by atoms with Gasteiger partial charge in [-0.3, -0.25) is 0 Å². The van der Waals surface area contributed by atoms with Gasteiger partial charge < -0.3 is 10.5 Å². The molecule has 4 heteroatoms. The quantitative estimate of drug-likeness (QED) is 0.893. The van der Waals surface area contributed by atoms with Gasteiger partial charge in [0, 0.05) is 12.1 Å². The summed E-state index contributed by atoms with van der Waals surface area (Å²) >= 11 is 0. The van der Waals surface area contributed by atoms with Gasteiger partial charge in [0.05, 0.1) is 0 Å². The van der Waals surface area contributed by atoms with Crippen LogP contribution in [0.3, 0.4) is 0 Å². The fourth-order valence-electron chi connectivity index (χ4n) is 2.81. The molecular weight excluding hydrogens is 260 g/mol. The molecule has 0 saturated heterocycles. The molecule has 3 atom stereocenters. The number of hydrogen-bond acceptors (Lipinski definition) is 2. The average Bonchev–Trinajstić information content (AvgIpc) is 2.35. The van der Waals surface area contributed by atoms with Crippen molar-refractivity contribution in [1.29, 1.82) is 0 Å². The Labute approximate surface area is 119 Å². The summed E-state index contributed by atoms with van der Waals surface area (Å²) in [6, 6.07) is 3.13. The number of nitrogens with two attached hydrogens (primary N) is 1. The summed E-state index contributed by atoms with van der Waals surface area (Å²) in [6.45, 7) is 6.57. The van der Waals surface area contributed by atoms with E-state index in [1.165, 1.54) is 0 Å². The van der Waals surface area contributed by atoms with E-state index in [2.05, 4.69) is 20.8 Å². The summed E-state index contributed by atoms with van der Waals surface area (Å²) in [7, 11) is 0. The van der Waals surface area contributed by atoms with Crippen LogP contribution in [-0.4, -0.2) is 12.1 Å². The van der Waals surface area contributed by atoms with Crippen LogP contribution >= 0.6 is 0 Å². The highest BCUT2D eigenvalue weighted by atomic mass is 19.1. The van der Waals surface area contributed by atoms with E-state index in [4.69, 9.17) is 10.5 Å². The van der Waals surface area contributed by atoms with Gasteiger partial charge in [0.1, 0.15) is 11.9 Å². The second-order valence-electron chi connectivity index (χ2n) is 6.77. The molecule has 1 saturated carbocycles. The predicted octanol–water partition coefficient (Wildman–Crippen LogP) is 3.89. The highest BCUT2D eigenvalue weighted by Crippen LogP contribution is 2.38. The third kappa shape index (κ3) is 3.48. The molecule has 1 fully saturated rings. The van der Waals surface area contributed by atoms with Gasteiger partial charge in [-0.25, -0.2) is 8.78 Å². The molecule has 3 unspecified atom stereocenters. The summed E-state index contributed by atoms with van der Waals surface area (Å²) in [5, 5.41) is 0. The second-order valence-corrected chi connectivity index (χ2v) is 6.77. The normalized spacial score (nSPS) is 27.4. The van der Waals surface area contributed by atoms with E-state index in [0.29, 0.717) is 5.92 Å². The van der Waals surface area contributed by atoms with Crippen LogP contribution in [0.1, 0.15) is 40.0 Å². The standard InChI is InChI=1S/C16H23F2NO/c1-16(2,3)10-4-7-13(19)15(8-10)20-14-9-11(17)5-6-12(14)18/h5-6,9-10,13,15H,4,7-8,19H2,1-3H3. The summed E-state index contributed by atoms with van der Waals surface area (Å²) < 4.78 is 32.5. The Hall–Kier alpha value is -1.16. The van der Waals surface area contributed by atoms with Crippen LogP contribution in [0.25, 0.3) is 0 Å². The lowest BCUT2D eigenvalue weighted by atomic mass is 9.70. The van der Waals surface area contributed by atoms with E-state index in [0.717, 1.165) is 37.5 Å². The minimum atomic E-state index is -0.545. The molecule has 0 amide bonds. The highest BCUT2D eigenvalue weighted by molar-refractivity contribution is 5.25. The van der Waals surface area contributed by atoms with Gasteiger partial charge in [-0.05, 0) is 42.7 Å². The predicted molar refractivity (Wildman–Crippen MR) is 75.5 cm³/mol. The first kappa shape index (κ1) is 15.2. The van der Waals surface area contributed by atoms with E-state index < -0.39 is 11.6 Å². The zero-order valence-corrected chi connectivity index (χ0v) is 12.3. The molecule has 20 heavy (non-hydrogen) atoms. The molecule has 1 aliphatic carbocycles. The first-order valence-corrected chi connectivity index (χ1v) is 7.14. The van der Waals surface area contributed by atoms with Crippen LogP contribution in [0.15, 0.2) is 18.2 Å². The molecular formula is C16H23F2NO. The SMILES string of the molecule is CC(C)(C)C1CCC(N)C(Oc2cc(F)ccc2F)C1. The zero-order valence-electron chi connectivity index (χ0n) is 12.3. The van der Waals surface area contributed by atoms with Crippen LogP contribution in [0.5, 0.6) is 5.75 Å². The smallest absolute Gasteiger partial charge is 0.165 e. The van der Waals surface area contributed by atoms with Gasteiger partial charge >= 0.3 is 0 Å². The zero-order chi connectivity index (χ0) is 14.9. The Bertz CT molecular complexity index is 470. The van der Waals surface area contributed by atoms with Crippen molar-refractivity contribution in [2.45, 2.75) is 52.2 Å². The fraction of sp³-hybridized carbons (Fsp3) is 0.625. The molecule has 0 radical (unpaired) electrons. The van der Waals surface area contributed by atoms with E-state index >= 15 is 0 Å². The average molecular weight is 283 g/mol. The van der Waals surface area contributed by atoms with E-state index in [1.54, 1.807) is 0 Å². The number of hydrogen-bond donors (Lipinski definition) is 1. The maximum Gasteiger partial charge on any atom is 0.165 e. The van der Waals surface area contributed by atoms with Crippen molar-refractivity contribution in [3.8, 4) is 5.75 Å². The Balaban J connectivity index is 2.12. The van der Waals surface area contributed by atoms with Crippen LogP contribution in [-0.2, 0) is 0 Å². The van der Waals surface area contributed by atoms with Crippen LogP contribution < -0.4 is 10.5 Å². The topological polar surface area (TPSA) is 35.2 Å². The Morgan fingerprint density at radius 1 is 1.20 bits per heavy atom. The van der Waals surface area contributed by atoms with E-state index in [9.17, 15) is 8.78 Å². The van der Waals surface area contributed by atoms with E-state index in [-0.39, 0.29) is 23.3 Å². The maximum absolute atomic E-state index is 13.7. The molecule has 112 valence electrons. The maximum atomic E-state index is 13.7. The second kappa shape index (κ2) is 5.68.